The number of benzene rings is 1. The highest BCUT2D eigenvalue weighted by Gasteiger charge is 2.24. The molecular formula is C19H33IN4O3. The van der Waals surface area contributed by atoms with Crippen LogP contribution in [0.15, 0.2) is 29.3 Å². The molecule has 0 heterocycles. The summed E-state index contributed by atoms with van der Waals surface area (Å²) in [4.78, 5) is 16.1. The molecule has 27 heavy (non-hydrogen) atoms. The van der Waals surface area contributed by atoms with Gasteiger partial charge >= 0.3 is 6.09 Å². The molecular weight excluding hydrogens is 459 g/mol. The van der Waals surface area contributed by atoms with Gasteiger partial charge in [-0.25, -0.2) is 4.79 Å². The van der Waals surface area contributed by atoms with Crippen LogP contribution in [0.25, 0.3) is 0 Å². The van der Waals surface area contributed by atoms with Gasteiger partial charge < -0.3 is 25.4 Å². The Morgan fingerprint density at radius 3 is 2.15 bits per heavy atom. The first kappa shape index (κ1) is 25.3. The summed E-state index contributed by atoms with van der Waals surface area (Å²) in [6.45, 7) is 10.5. The minimum atomic E-state index is -0.524. The number of guanidine groups is 1. The number of alkyl carbamates (subject to hydrolysis) is 1. The van der Waals surface area contributed by atoms with E-state index in [9.17, 15) is 4.79 Å². The molecule has 1 amide bonds. The molecule has 0 atom stereocenters. The van der Waals surface area contributed by atoms with Gasteiger partial charge in [0, 0.05) is 20.1 Å². The quantitative estimate of drug-likeness (QED) is 0.323. The van der Waals surface area contributed by atoms with E-state index in [0.29, 0.717) is 19.0 Å². The monoisotopic (exact) mass is 492 g/mol. The molecule has 0 aliphatic rings. The first-order chi connectivity index (χ1) is 12.0. The van der Waals surface area contributed by atoms with Gasteiger partial charge in [0.05, 0.1) is 12.6 Å². The molecule has 1 aromatic rings. The second-order valence-electron chi connectivity index (χ2n) is 7.64. The lowest BCUT2D eigenvalue weighted by atomic mass is 10.1. The summed E-state index contributed by atoms with van der Waals surface area (Å²) in [5.74, 6) is 1.48. The van der Waals surface area contributed by atoms with E-state index in [2.05, 4.69) is 20.9 Å². The van der Waals surface area contributed by atoms with Crippen molar-refractivity contribution in [2.45, 2.75) is 52.3 Å². The van der Waals surface area contributed by atoms with Crippen LogP contribution >= 0.6 is 24.0 Å². The molecule has 0 spiro atoms. The maximum absolute atomic E-state index is 11.9. The van der Waals surface area contributed by atoms with E-state index in [1.165, 1.54) is 0 Å². The fourth-order valence-electron chi connectivity index (χ4n) is 2.08. The Morgan fingerprint density at radius 1 is 1.07 bits per heavy atom. The summed E-state index contributed by atoms with van der Waals surface area (Å²) in [6, 6.07) is 7.82. The van der Waals surface area contributed by atoms with E-state index in [0.717, 1.165) is 11.3 Å². The molecule has 0 aliphatic carbocycles. The van der Waals surface area contributed by atoms with Crippen molar-refractivity contribution < 1.29 is 14.3 Å². The first-order valence-corrected chi connectivity index (χ1v) is 8.63. The van der Waals surface area contributed by atoms with Crippen LogP contribution in [0.2, 0.25) is 0 Å². The second-order valence-corrected chi connectivity index (χ2v) is 7.64. The number of nitrogens with one attached hydrogen (secondary N) is 3. The normalized spacial score (nSPS) is 11.9. The SMILES string of the molecule is CN=C(NCc1ccc(OC)cc1)NCC(C)(C)NC(=O)OC(C)(C)C.I. The number of halogens is 1. The molecule has 0 fully saturated rings. The van der Waals surface area contributed by atoms with Crippen molar-refractivity contribution in [1.82, 2.24) is 16.0 Å². The zero-order valence-corrected chi connectivity index (χ0v) is 19.6. The average Bonchev–Trinajstić information content (AvgIpc) is 2.53. The molecule has 0 aromatic heterocycles. The van der Waals surface area contributed by atoms with Crippen molar-refractivity contribution in [3.05, 3.63) is 29.8 Å². The number of aliphatic imine (C=N–C) groups is 1. The zero-order chi connectivity index (χ0) is 19.8. The van der Waals surface area contributed by atoms with E-state index in [-0.39, 0.29) is 24.0 Å². The highest BCUT2D eigenvalue weighted by molar-refractivity contribution is 14.0. The fraction of sp³-hybridized carbons (Fsp3) is 0.579. The Labute approximate surface area is 179 Å². The van der Waals surface area contributed by atoms with Crippen molar-refractivity contribution >= 4 is 36.0 Å². The maximum atomic E-state index is 11.9. The molecule has 0 saturated heterocycles. The summed E-state index contributed by atoms with van der Waals surface area (Å²) in [7, 11) is 3.35. The minimum Gasteiger partial charge on any atom is -0.497 e. The van der Waals surface area contributed by atoms with Crippen LogP contribution in [0.1, 0.15) is 40.2 Å². The molecule has 1 rings (SSSR count). The minimum absolute atomic E-state index is 0. The smallest absolute Gasteiger partial charge is 0.408 e. The van der Waals surface area contributed by atoms with Crippen molar-refractivity contribution in [2.24, 2.45) is 4.99 Å². The van der Waals surface area contributed by atoms with Gasteiger partial charge in [-0.3, -0.25) is 4.99 Å². The molecule has 3 N–H and O–H groups in total. The maximum Gasteiger partial charge on any atom is 0.408 e. The van der Waals surface area contributed by atoms with Crippen molar-refractivity contribution in [3.63, 3.8) is 0 Å². The zero-order valence-electron chi connectivity index (χ0n) is 17.3. The summed E-state index contributed by atoms with van der Waals surface area (Å²) in [5, 5.41) is 9.31. The van der Waals surface area contributed by atoms with Crippen LogP contribution in [0.5, 0.6) is 5.75 Å². The third kappa shape index (κ3) is 10.9. The average molecular weight is 492 g/mol. The van der Waals surface area contributed by atoms with E-state index < -0.39 is 17.2 Å². The summed E-state index contributed by atoms with van der Waals surface area (Å²) < 4.78 is 10.4. The molecule has 7 nitrogen and oxygen atoms in total. The van der Waals surface area contributed by atoms with Crippen LogP contribution in [-0.4, -0.2) is 43.9 Å². The van der Waals surface area contributed by atoms with Crippen molar-refractivity contribution in [3.8, 4) is 5.75 Å². The summed E-state index contributed by atoms with van der Waals surface area (Å²) in [6.07, 6.45) is -0.439. The lowest BCUT2D eigenvalue weighted by molar-refractivity contribution is 0.0474. The lowest BCUT2D eigenvalue weighted by Gasteiger charge is -2.29. The molecule has 0 saturated carbocycles. The van der Waals surface area contributed by atoms with Crippen molar-refractivity contribution in [1.29, 1.82) is 0 Å². The highest BCUT2D eigenvalue weighted by Crippen LogP contribution is 2.11. The Kier molecular flexibility index (Phi) is 10.5. The molecule has 154 valence electrons. The number of carbonyl (C=O) groups excluding carboxylic acids is 1. The van der Waals surface area contributed by atoms with E-state index in [4.69, 9.17) is 9.47 Å². The van der Waals surface area contributed by atoms with Crippen LogP contribution in [0, 0.1) is 0 Å². The molecule has 0 bridgehead atoms. The molecule has 1 aromatic carbocycles. The number of ether oxygens (including phenoxy) is 2. The number of methoxy groups -OCH3 is 1. The van der Waals surface area contributed by atoms with Crippen LogP contribution in [-0.2, 0) is 11.3 Å². The van der Waals surface area contributed by atoms with Crippen LogP contribution in [0.4, 0.5) is 4.79 Å². The number of carbonyl (C=O) groups is 1. The standard InChI is InChI=1S/C19H32N4O3.HI/c1-18(2,3)26-17(24)23-19(4,5)13-22-16(20-6)21-12-14-8-10-15(25-7)11-9-14;/h8-11H,12-13H2,1-7H3,(H,23,24)(H2,20,21,22);1H. The molecule has 0 radical (unpaired) electrons. The van der Waals surface area contributed by atoms with Crippen LogP contribution < -0.4 is 20.7 Å². The number of amides is 1. The van der Waals surface area contributed by atoms with Gasteiger partial charge in [0.1, 0.15) is 11.4 Å². The van der Waals surface area contributed by atoms with Gasteiger partial charge in [0.2, 0.25) is 0 Å². The third-order valence-corrected chi connectivity index (χ3v) is 3.38. The van der Waals surface area contributed by atoms with Gasteiger partial charge in [-0.2, -0.15) is 0 Å². The Hall–Kier alpha value is -1.71. The van der Waals surface area contributed by atoms with Gasteiger partial charge in [-0.15, -0.1) is 24.0 Å². The summed E-state index contributed by atoms with van der Waals surface area (Å²) in [5.41, 5.74) is 0.0868. The van der Waals surface area contributed by atoms with E-state index >= 15 is 0 Å². The Bertz CT molecular complexity index is 610. The second kappa shape index (κ2) is 11.2. The Morgan fingerprint density at radius 2 is 1.67 bits per heavy atom. The molecule has 0 unspecified atom stereocenters. The third-order valence-electron chi connectivity index (χ3n) is 3.38. The van der Waals surface area contributed by atoms with Crippen molar-refractivity contribution in [2.75, 3.05) is 20.7 Å². The number of hydrogen-bond acceptors (Lipinski definition) is 4. The van der Waals surface area contributed by atoms with E-state index in [1.807, 2.05) is 58.9 Å². The molecule has 0 aliphatic heterocycles. The lowest BCUT2D eigenvalue weighted by Crippen LogP contribution is -2.54. The number of hydrogen-bond donors (Lipinski definition) is 3. The predicted octanol–water partition coefficient (Wildman–Crippen LogP) is 3.28. The fourth-order valence-corrected chi connectivity index (χ4v) is 2.08. The van der Waals surface area contributed by atoms with Gasteiger partial charge in [0.15, 0.2) is 5.96 Å². The van der Waals surface area contributed by atoms with Gasteiger partial charge in [0.25, 0.3) is 0 Å². The number of nitrogens with zero attached hydrogens (tertiary/aromatic N) is 1. The molecule has 8 heteroatoms. The van der Waals surface area contributed by atoms with Crippen LogP contribution in [0.3, 0.4) is 0 Å². The topological polar surface area (TPSA) is 84.0 Å². The number of rotatable bonds is 6. The predicted molar refractivity (Wildman–Crippen MR) is 120 cm³/mol. The summed E-state index contributed by atoms with van der Waals surface area (Å²) >= 11 is 0. The van der Waals surface area contributed by atoms with Gasteiger partial charge in [-0.05, 0) is 52.3 Å². The van der Waals surface area contributed by atoms with Gasteiger partial charge in [-0.1, -0.05) is 12.1 Å². The Balaban J connectivity index is 0.00000676. The highest BCUT2D eigenvalue weighted by atomic mass is 127. The first-order valence-electron chi connectivity index (χ1n) is 8.63. The largest absolute Gasteiger partial charge is 0.497 e. The van der Waals surface area contributed by atoms with E-state index in [1.54, 1.807) is 14.2 Å².